The van der Waals surface area contributed by atoms with Gasteiger partial charge in [-0.15, -0.1) is 0 Å². The van der Waals surface area contributed by atoms with E-state index in [1.54, 1.807) is 0 Å². The molecule has 7 atom stereocenters. The van der Waals surface area contributed by atoms with Crippen molar-refractivity contribution in [3.05, 3.63) is 35.1 Å². The van der Waals surface area contributed by atoms with Gasteiger partial charge in [-0.05, 0) is 105 Å². The first kappa shape index (κ1) is 22.2. The Morgan fingerprint density at radius 2 is 1.87 bits per heavy atom. The highest BCUT2D eigenvalue weighted by Crippen LogP contribution is 2.65. The van der Waals surface area contributed by atoms with Gasteiger partial charge in [-0.1, -0.05) is 63.8 Å². The number of hydrogen-bond acceptors (Lipinski definition) is 1. The molecule has 4 rings (SSSR count). The van der Waals surface area contributed by atoms with Crippen molar-refractivity contribution in [3.63, 3.8) is 0 Å². The average molecular weight is 411 g/mol. The third-order valence-electron chi connectivity index (χ3n) is 10.5. The molecular weight excluding hydrogens is 364 g/mol. The van der Waals surface area contributed by atoms with Gasteiger partial charge in [-0.25, -0.2) is 0 Å². The van der Waals surface area contributed by atoms with Gasteiger partial charge in [0.25, 0.3) is 0 Å². The first-order chi connectivity index (χ1) is 14.3. The van der Waals surface area contributed by atoms with Gasteiger partial charge in [0.1, 0.15) is 0 Å². The molecule has 4 aliphatic carbocycles. The lowest BCUT2D eigenvalue weighted by Crippen LogP contribution is -2.43. The molecule has 168 valence electrons. The number of allylic oxidation sites excluding steroid dienone is 5. The number of rotatable bonds is 5. The molecule has 0 spiro atoms. The summed E-state index contributed by atoms with van der Waals surface area (Å²) in [6, 6.07) is 0. The Morgan fingerprint density at radius 3 is 2.60 bits per heavy atom. The normalized spacial score (nSPS) is 41.4. The van der Waals surface area contributed by atoms with E-state index in [0.717, 1.165) is 29.7 Å². The van der Waals surface area contributed by atoms with Crippen LogP contribution in [0, 0.1) is 40.4 Å². The average Bonchev–Trinajstić information content (AvgIpc) is 3.10. The third-order valence-corrected chi connectivity index (χ3v) is 10.5. The first-order valence-corrected chi connectivity index (χ1v) is 13.1. The van der Waals surface area contributed by atoms with Gasteiger partial charge >= 0.3 is 0 Å². The minimum absolute atomic E-state index is 0.379. The van der Waals surface area contributed by atoms with Gasteiger partial charge in [0.05, 0.1) is 6.26 Å². The monoisotopic (exact) mass is 410 g/mol. The molecular formula is C29H46O. The van der Waals surface area contributed by atoms with Crippen LogP contribution in [-0.4, -0.2) is 5.11 Å². The Balaban J connectivity index is 1.55. The minimum atomic E-state index is 0.379. The number of aliphatic hydroxyl groups is 1. The molecule has 0 amide bonds. The third kappa shape index (κ3) is 3.53. The van der Waals surface area contributed by atoms with Crippen LogP contribution in [-0.2, 0) is 0 Å². The molecule has 1 N–H and O–H groups in total. The molecule has 4 aliphatic rings. The van der Waals surface area contributed by atoms with Crippen LogP contribution in [0.4, 0.5) is 0 Å². The first-order valence-electron chi connectivity index (χ1n) is 13.1. The Kier molecular flexibility index (Phi) is 6.31. The second-order valence-electron chi connectivity index (χ2n) is 11.8. The summed E-state index contributed by atoms with van der Waals surface area (Å²) in [5.41, 5.74) is 6.00. The quantitative estimate of drug-likeness (QED) is 0.354. The molecule has 0 aromatic rings. The predicted octanol–water partition coefficient (Wildman–Crippen LogP) is 8.78. The van der Waals surface area contributed by atoms with Gasteiger partial charge < -0.3 is 5.11 Å². The van der Waals surface area contributed by atoms with E-state index in [9.17, 15) is 5.11 Å². The molecule has 0 aromatic heterocycles. The molecule has 0 aliphatic heterocycles. The molecule has 2 fully saturated rings. The minimum Gasteiger partial charge on any atom is -0.516 e. The van der Waals surface area contributed by atoms with Crippen LogP contribution < -0.4 is 0 Å². The molecule has 1 heteroatoms. The zero-order valence-corrected chi connectivity index (χ0v) is 20.3. The Labute approximate surface area is 186 Å². The van der Waals surface area contributed by atoms with Crippen LogP contribution in [0.15, 0.2) is 35.1 Å². The fraction of sp³-hybridized carbons (Fsp3) is 0.793. The van der Waals surface area contributed by atoms with Crippen LogP contribution in [0.3, 0.4) is 0 Å². The van der Waals surface area contributed by atoms with Crippen LogP contribution in [0.1, 0.15) is 105 Å². The summed E-state index contributed by atoms with van der Waals surface area (Å²) in [5, 5.41) is 9.42. The largest absolute Gasteiger partial charge is 0.516 e. The molecule has 0 heterocycles. The van der Waals surface area contributed by atoms with E-state index in [2.05, 4.69) is 39.8 Å². The van der Waals surface area contributed by atoms with Crippen LogP contribution >= 0.6 is 0 Å². The van der Waals surface area contributed by atoms with Crippen molar-refractivity contribution in [1.82, 2.24) is 0 Å². The van der Waals surface area contributed by atoms with E-state index >= 15 is 0 Å². The molecule has 1 nitrogen and oxygen atoms in total. The van der Waals surface area contributed by atoms with Crippen molar-refractivity contribution in [2.75, 3.05) is 0 Å². The summed E-state index contributed by atoms with van der Waals surface area (Å²) in [5.74, 6) is 3.64. The molecule has 0 aromatic carbocycles. The van der Waals surface area contributed by atoms with E-state index in [1.807, 2.05) is 18.1 Å². The standard InChI is InChI=1S/C29H46O/c1-6-22(21(3)19-30)11-10-20(2)25-14-15-26-24-13-12-23-9-7-8-17-28(23,4)27(24)16-18-29(25,26)5/h10-11,19-20,22-23,25-26,30H,6-9,12-18H2,1-5H3/t20-,22?,23?,25-,26+,28+,29-/m1/s1. The summed E-state index contributed by atoms with van der Waals surface area (Å²) in [4.78, 5) is 0. The number of fused-ring (bicyclic) bond motifs is 4. The lowest BCUT2D eigenvalue weighted by Gasteiger charge is -2.54. The highest BCUT2D eigenvalue weighted by atomic mass is 16.2. The summed E-state index contributed by atoms with van der Waals surface area (Å²) in [6.07, 6.45) is 21.6. The van der Waals surface area contributed by atoms with Gasteiger partial charge in [0, 0.05) is 5.92 Å². The Bertz CT molecular complexity index is 727. The van der Waals surface area contributed by atoms with E-state index in [-0.39, 0.29) is 0 Å². The van der Waals surface area contributed by atoms with Crippen molar-refractivity contribution in [3.8, 4) is 0 Å². The second kappa shape index (κ2) is 8.51. The summed E-state index contributed by atoms with van der Waals surface area (Å²) in [6.45, 7) is 12.0. The maximum atomic E-state index is 9.42. The van der Waals surface area contributed by atoms with Crippen LogP contribution in [0.25, 0.3) is 0 Å². The summed E-state index contributed by atoms with van der Waals surface area (Å²) in [7, 11) is 0. The van der Waals surface area contributed by atoms with Crippen molar-refractivity contribution < 1.29 is 5.11 Å². The lowest BCUT2D eigenvalue weighted by molar-refractivity contribution is 0.0747. The van der Waals surface area contributed by atoms with Crippen molar-refractivity contribution >= 4 is 0 Å². The smallest absolute Gasteiger partial charge is 0.0786 e. The maximum absolute atomic E-state index is 9.42. The predicted molar refractivity (Wildman–Crippen MR) is 128 cm³/mol. The van der Waals surface area contributed by atoms with E-state index in [1.165, 1.54) is 70.5 Å². The highest BCUT2D eigenvalue weighted by Gasteiger charge is 2.55. The van der Waals surface area contributed by atoms with E-state index in [4.69, 9.17) is 0 Å². The highest BCUT2D eigenvalue weighted by molar-refractivity contribution is 5.34. The topological polar surface area (TPSA) is 20.2 Å². The number of aliphatic hydroxyl groups excluding tert-OH is 1. The number of hydrogen-bond donors (Lipinski definition) is 1. The second-order valence-corrected chi connectivity index (χ2v) is 11.8. The van der Waals surface area contributed by atoms with E-state index in [0.29, 0.717) is 22.7 Å². The van der Waals surface area contributed by atoms with Crippen molar-refractivity contribution in [1.29, 1.82) is 0 Å². The molecule has 30 heavy (non-hydrogen) atoms. The molecule has 0 saturated heterocycles. The summed E-state index contributed by atoms with van der Waals surface area (Å²) < 4.78 is 0. The zero-order valence-electron chi connectivity index (χ0n) is 20.3. The Morgan fingerprint density at radius 1 is 1.07 bits per heavy atom. The van der Waals surface area contributed by atoms with Crippen molar-refractivity contribution in [2.24, 2.45) is 40.4 Å². The molecule has 2 unspecified atom stereocenters. The molecule has 0 bridgehead atoms. The fourth-order valence-corrected chi connectivity index (χ4v) is 8.55. The van der Waals surface area contributed by atoms with Crippen LogP contribution in [0.5, 0.6) is 0 Å². The maximum Gasteiger partial charge on any atom is 0.0786 e. The lowest BCUT2D eigenvalue weighted by atomic mass is 9.51. The molecule has 0 radical (unpaired) electrons. The van der Waals surface area contributed by atoms with Gasteiger partial charge in [0.15, 0.2) is 0 Å². The Hall–Kier alpha value is -0.980. The zero-order chi connectivity index (χ0) is 21.5. The molecule has 2 saturated carbocycles. The van der Waals surface area contributed by atoms with Crippen LogP contribution in [0.2, 0.25) is 0 Å². The van der Waals surface area contributed by atoms with Crippen molar-refractivity contribution in [2.45, 2.75) is 105 Å². The van der Waals surface area contributed by atoms with E-state index < -0.39 is 0 Å². The fourth-order valence-electron chi connectivity index (χ4n) is 8.55. The van der Waals surface area contributed by atoms with Gasteiger partial charge in [-0.3, -0.25) is 0 Å². The van der Waals surface area contributed by atoms with Gasteiger partial charge in [0.2, 0.25) is 0 Å². The van der Waals surface area contributed by atoms with Gasteiger partial charge in [-0.2, -0.15) is 0 Å². The SMILES string of the molecule is CCC(C=C[C@@H](C)[C@H]1CC[C@H]2C3=C(CC[C@]12C)[C@@]1(C)CCCCC1CC3)C(C)=CO. The summed E-state index contributed by atoms with van der Waals surface area (Å²) >= 11 is 0.